The van der Waals surface area contributed by atoms with Crippen LogP contribution in [-0.4, -0.2) is 46.3 Å². The van der Waals surface area contributed by atoms with Crippen LogP contribution in [0.4, 0.5) is 10.5 Å². The SMILES string of the molecule is CN(C(=O)Nc1cccc(C(=O)O)c1)C(C)(C)CO. The summed E-state index contributed by atoms with van der Waals surface area (Å²) in [5, 5.41) is 20.7. The number of aromatic carboxylic acids is 1. The number of benzene rings is 1. The smallest absolute Gasteiger partial charge is 0.335 e. The molecule has 0 saturated carbocycles. The summed E-state index contributed by atoms with van der Waals surface area (Å²) in [5.41, 5.74) is -0.207. The molecule has 1 aromatic rings. The van der Waals surface area contributed by atoms with E-state index in [-0.39, 0.29) is 12.2 Å². The molecule has 0 aliphatic heterocycles. The second-order valence-electron chi connectivity index (χ2n) is 4.85. The highest BCUT2D eigenvalue weighted by Gasteiger charge is 2.26. The number of carboxylic acid groups (broad SMARTS) is 1. The van der Waals surface area contributed by atoms with Crippen LogP contribution in [0.25, 0.3) is 0 Å². The van der Waals surface area contributed by atoms with Crippen LogP contribution in [0.15, 0.2) is 24.3 Å². The Morgan fingerprint density at radius 1 is 1.37 bits per heavy atom. The van der Waals surface area contributed by atoms with Crippen molar-refractivity contribution < 1.29 is 19.8 Å². The van der Waals surface area contributed by atoms with Gasteiger partial charge < -0.3 is 20.4 Å². The van der Waals surface area contributed by atoms with E-state index >= 15 is 0 Å². The number of hydrogen-bond acceptors (Lipinski definition) is 3. The number of carbonyl (C=O) groups is 2. The molecule has 0 bridgehead atoms. The van der Waals surface area contributed by atoms with Gasteiger partial charge >= 0.3 is 12.0 Å². The molecule has 0 spiro atoms. The molecule has 1 rings (SSSR count). The molecule has 0 atom stereocenters. The van der Waals surface area contributed by atoms with Crippen LogP contribution in [0.3, 0.4) is 0 Å². The van der Waals surface area contributed by atoms with E-state index < -0.39 is 17.5 Å². The van der Waals surface area contributed by atoms with Crippen molar-refractivity contribution in [3.05, 3.63) is 29.8 Å². The third-order valence-electron chi connectivity index (χ3n) is 2.96. The maximum absolute atomic E-state index is 12.0. The molecule has 0 aromatic heterocycles. The van der Waals surface area contributed by atoms with Crippen molar-refractivity contribution in [2.45, 2.75) is 19.4 Å². The van der Waals surface area contributed by atoms with Gasteiger partial charge in [-0.25, -0.2) is 9.59 Å². The van der Waals surface area contributed by atoms with E-state index in [1.165, 1.54) is 17.0 Å². The quantitative estimate of drug-likeness (QED) is 0.772. The average molecular weight is 266 g/mol. The molecule has 2 amide bonds. The van der Waals surface area contributed by atoms with Crippen LogP contribution in [0, 0.1) is 0 Å². The van der Waals surface area contributed by atoms with Crippen molar-refractivity contribution in [1.82, 2.24) is 4.90 Å². The Morgan fingerprint density at radius 3 is 2.53 bits per heavy atom. The summed E-state index contributed by atoms with van der Waals surface area (Å²) >= 11 is 0. The maximum Gasteiger partial charge on any atom is 0.335 e. The first-order valence-corrected chi connectivity index (χ1v) is 5.77. The van der Waals surface area contributed by atoms with Gasteiger partial charge in [-0.2, -0.15) is 0 Å². The summed E-state index contributed by atoms with van der Waals surface area (Å²) < 4.78 is 0. The van der Waals surface area contributed by atoms with Gasteiger partial charge in [-0.15, -0.1) is 0 Å². The number of aliphatic hydroxyl groups excluding tert-OH is 1. The normalized spacial score (nSPS) is 10.9. The highest BCUT2D eigenvalue weighted by molar-refractivity contribution is 5.93. The van der Waals surface area contributed by atoms with Gasteiger partial charge in [-0.3, -0.25) is 0 Å². The topological polar surface area (TPSA) is 89.9 Å². The fourth-order valence-electron chi connectivity index (χ4n) is 1.32. The number of amides is 2. The molecule has 0 fully saturated rings. The largest absolute Gasteiger partial charge is 0.478 e. The van der Waals surface area contributed by atoms with Gasteiger partial charge in [0.25, 0.3) is 0 Å². The Hall–Kier alpha value is -2.08. The number of carbonyl (C=O) groups excluding carboxylic acids is 1. The Morgan fingerprint density at radius 2 is 2.00 bits per heavy atom. The molecule has 19 heavy (non-hydrogen) atoms. The zero-order chi connectivity index (χ0) is 14.6. The predicted octanol–water partition coefficient (Wildman–Crippen LogP) is 1.62. The van der Waals surface area contributed by atoms with Gasteiger partial charge in [0.15, 0.2) is 0 Å². The lowest BCUT2D eigenvalue weighted by molar-refractivity contribution is 0.0697. The van der Waals surface area contributed by atoms with Crippen LogP contribution in [0.1, 0.15) is 24.2 Å². The maximum atomic E-state index is 12.0. The minimum absolute atomic E-state index is 0.0990. The summed E-state index contributed by atoms with van der Waals surface area (Å²) in [6.45, 7) is 3.27. The van der Waals surface area contributed by atoms with E-state index in [0.717, 1.165) is 0 Å². The number of rotatable bonds is 4. The molecule has 104 valence electrons. The highest BCUT2D eigenvalue weighted by atomic mass is 16.4. The number of likely N-dealkylation sites (N-methyl/N-ethyl adjacent to an activating group) is 1. The molecular weight excluding hydrogens is 248 g/mol. The number of urea groups is 1. The lowest BCUT2D eigenvalue weighted by atomic mass is 10.1. The van der Waals surface area contributed by atoms with Crippen LogP contribution in [0.2, 0.25) is 0 Å². The number of aliphatic hydroxyl groups is 1. The van der Waals surface area contributed by atoms with Gasteiger partial charge in [-0.05, 0) is 32.0 Å². The molecule has 0 heterocycles. The third-order valence-corrected chi connectivity index (χ3v) is 2.96. The summed E-state index contributed by atoms with van der Waals surface area (Å²) in [6.07, 6.45) is 0. The Balaban J connectivity index is 2.83. The van der Waals surface area contributed by atoms with Crippen molar-refractivity contribution >= 4 is 17.7 Å². The fraction of sp³-hybridized carbons (Fsp3) is 0.385. The fourth-order valence-corrected chi connectivity index (χ4v) is 1.32. The minimum atomic E-state index is -1.06. The molecule has 0 unspecified atom stereocenters. The summed E-state index contributed by atoms with van der Waals surface area (Å²) in [4.78, 5) is 24.1. The molecule has 0 radical (unpaired) electrons. The molecule has 0 saturated heterocycles. The second kappa shape index (κ2) is 5.71. The standard InChI is InChI=1S/C13H18N2O4/c1-13(2,8-16)15(3)12(19)14-10-6-4-5-9(7-10)11(17)18/h4-7,16H,8H2,1-3H3,(H,14,19)(H,17,18). The first-order valence-electron chi connectivity index (χ1n) is 5.77. The molecule has 6 heteroatoms. The monoisotopic (exact) mass is 266 g/mol. The Bertz CT molecular complexity index is 485. The van der Waals surface area contributed by atoms with Crippen molar-refractivity contribution in [1.29, 1.82) is 0 Å². The van der Waals surface area contributed by atoms with Gasteiger partial charge in [0.1, 0.15) is 0 Å². The van der Waals surface area contributed by atoms with Crippen molar-refractivity contribution in [2.24, 2.45) is 0 Å². The predicted molar refractivity (Wildman–Crippen MR) is 71.3 cm³/mol. The molecule has 0 aliphatic rings. The minimum Gasteiger partial charge on any atom is -0.478 e. The summed E-state index contributed by atoms with van der Waals surface area (Å²) in [7, 11) is 1.56. The zero-order valence-electron chi connectivity index (χ0n) is 11.2. The first kappa shape index (κ1) is 15.0. The van der Waals surface area contributed by atoms with Crippen LogP contribution in [-0.2, 0) is 0 Å². The first-order chi connectivity index (χ1) is 8.77. The number of anilines is 1. The second-order valence-corrected chi connectivity index (χ2v) is 4.85. The van der Waals surface area contributed by atoms with E-state index in [1.807, 2.05) is 0 Å². The van der Waals surface area contributed by atoms with E-state index in [2.05, 4.69) is 5.32 Å². The Labute approximate surface area is 111 Å². The molecule has 6 nitrogen and oxygen atoms in total. The van der Waals surface area contributed by atoms with Gasteiger partial charge in [0, 0.05) is 12.7 Å². The summed E-state index contributed by atoms with van der Waals surface area (Å²) in [5.74, 6) is -1.06. The Kier molecular flexibility index (Phi) is 4.50. The molecular formula is C13H18N2O4. The van der Waals surface area contributed by atoms with E-state index in [9.17, 15) is 14.7 Å². The molecule has 0 aliphatic carbocycles. The van der Waals surface area contributed by atoms with E-state index in [4.69, 9.17) is 5.11 Å². The van der Waals surface area contributed by atoms with Crippen molar-refractivity contribution in [2.75, 3.05) is 19.0 Å². The van der Waals surface area contributed by atoms with Gasteiger partial charge in [0.05, 0.1) is 17.7 Å². The van der Waals surface area contributed by atoms with Crippen LogP contribution < -0.4 is 5.32 Å². The van der Waals surface area contributed by atoms with Gasteiger partial charge in [0.2, 0.25) is 0 Å². The van der Waals surface area contributed by atoms with Gasteiger partial charge in [-0.1, -0.05) is 6.07 Å². The average Bonchev–Trinajstić information content (AvgIpc) is 2.38. The summed E-state index contributed by atoms with van der Waals surface area (Å²) in [6, 6.07) is 5.56. The lowest BCUT2D eigenvalue weighted by Gasteiger charge is -2.33. The molecule has 3 N–H and O–H groups in total. The number of hydrogen-bond donors (Lipinski definition) is 3. The highest BCUT2D eigenvalue weighted by Crippen LogP contribution is 2.15. The zero-order valence-corrected chi connectivity index (χ0v) is 11.2. The third kappa shape index (κ3) is 3.69. The number of nitrogens with one attached hydrogen (secondary N) is 1. The lowest BCUT2D eigenvalue weighted by Crippen LogP contribution is -2.49. The number of nitrogens with zero attached hydrogens (tertiary/aromatic N) is 1. The molecule has 1 aromatic carbocycles. The van der Waals surface area contributed by atoms with E-state index in [1.54, 1.807) is 33.0 Å². The van der Waals surface area contributed by atoms with Crippen LogP contribution >= 0.6 is 0 Å². The van der Waals surface area contributed by atoms with Crippen LogP contribution in [0.5, 0.6) is 0 Å². The van der Waals surface area contributed by atoms with Crippen molar-refractivity contribution in [3.63, 3.8) is 0 Å². The van der Waals surface area contributed by atoms with Crippen molar-refractivity contribution in [3.8, 4) is 0 Å². The number of carboxylic acids is 1. The van der Waals surface area contributed by atoms with E-state index in [0.29, 0.717) is 5.69 Å².